The van der Waals surface area contributed by atoms with E-state index < -0.39 is 15.8 Å². The summed E-state index contributed by atoms with van der Waals surface area (Å²) in [5.41, 5.74) is 1.34. The number of halogens is 2. The van der Waals surface area contributed by atoms with Gasteiger partial charge in [0, 0.05) is 5.69 Å². The Morgan fingerprint density at radius 2 is 1.69 bits per heavy atom. The van der Waals surface area contributed by atoms with Gasteiger partial charge in [0.25, 0.3) is 10.0 Å². The molecule has 0 heterocycles. The van der Waals surface area contributed by atoms with Crippen molar-refractivity contribution in [2.45, 2.75) is 11.8 Å². The van der Waals surface area contributed by atoms with E-state index in [1.807, 2.05) is 31.2 Å². The minimum Gasteiger partial charge on any atom is -0.457 e. The highest BCUT2D eigenvalue weighted by atomic mass is 35.5. The van der Waals surface area contributed by atoms with Crippen molar-refractivity contribution in [2.24, 2.45) is 0 Å². The average Bonchev–Trinajstić information content (AvgIpc) is 2.60. The number of hydrogen-bond acceptors (Lipinski definition) is 3. The van der Waals surface area contributed by atoms with Crippen LogP contribution >= 0.6 is 11.6 Å². The van der Waals surface area contributed by atoms with Crippen LogP contribution in [-0.2, 0) is 10.0 Å². The molecule has 1 N–H and O–H groups in total. The molecule has 0 aliphatic heterocycles. The van der Waals surface area contributed by atoms with Crippen LogP contribution < -0.4 is 9.46 Å². The second-order valence-electron chi connectivity index (χ2n) is 5.57. The van der Waals surface area contributed by atoms with Gasteiger partial charge in [-0.1, -0.05) is 29.8 Å². The molecule has 0 fully saturated rings. The number of rotatable bonds is 5. The lowest BCUT2D eigenvalue weighted by atomic mass is 10.2. The molecule has 0 bridgehead atoms. The first-order valence-corrected chi connectivity index (χ1v) is 9.53. The summed E-state index contributed by atoms with van der Waals surface area (Å²) in [6, 6.07) is 17.3. The molecule has 0 amide bonds. The van der Waals surface area contributed by atoms with E-state index in [2.05, 4.69) is 4.72 Å². The maximum absolute atomic E-state index is 13.2. The fourth-order valence-corrected chi connectivity index (χ4v) is 3.58. The summed E-state index contributed by atoms with van der Waals surface area (Å²) in [7, 11) is -3.87. The third-order valence-electron chi connectivity index (χ3n) is 3.63. The van der Waals surface area contributed by atoms with Gasteiger partial charge in [0.2, 0.25) is 0 Å². The van der Waals surface area contributed by atoms with Gasteiger partial charge in [0.1, 0.15) is 17.3 Å². The zero-order valence-electron chi connectivity index (χ0n) is 13.7. The highest BCUT2D eigenvalue weighted by Crippen LogP contribution is 2.27. The predicted molar refractivity (Wildman–Crippen MR) is 99.9 cm³/mol. The minimum atomic E-state index is -3.87. The highest BCUT2D eigenvalue weighted by molar-refractivity contribution is 7.92. The lowest BCUT2D eigenvalue weighted by molar-refractivity contribution is 0.479. The molecule has 4 nitrogen and oxygen atoms in total. The Morgan fingerprint density at radius 1 is 1.00 bits per heavy atom. The van der Waals surface area contributed by atoms with Gasteiger partial charge in [-0.15, -0.1) is 0 Å². The van der Waals surface area contributed by atoms with Crippen molar-refractivity contribution < 1.29 is 17.5 Å². The number of benzene rings is 3. The molecular formula is C19H15ClFNO3S. The molecule has 0 radical (unpaired) electrons. The van der Waals surface area contributed by atoms with Crippen LogP contribution in [0, 0.1) is 12.7 Å². The smallest absolute Gasteiger partial charge is 0.261 e. The Bertz CT molecular complexity index is 1040. The molecule has 3 aromatic rings. The van der Waals surface area contributed by atoms with Crippen LogP contribution in [0.3, 0.4) is 0 Å². The van der Waals surface area contributed by atoms with Crippen molar-refractivity contribution in [3.05, 3.63) is 83.1 Å². The number of aryl methyl sites for hydroxylation is 1. The Kier molecular flexibility index (Phi) is 5.15. The molecule has 0 aliphatic rings. The third kappa shape index (κ3) is 4.15. The van der Waals surface area contributed by atoms with Gasteiger partial charge in [-0.05, 0) is 61.0 Å². The molecule has 0 aliphatic carbocycles. The van der Waals surface area contributed by atoms with E-state index in [-0.39, 0.29) is 9.92 Å². The summed E-state index contributed by atoms with van der Waals surface area (Å²) in [5.74, 6) is 0.622. The fourth-order valence-electron chi connectivity index (χ4n) is 2.25. The Labute approximate surface area is 156 Å². The van der Waals surface area contributed by atoms with E-state index in [1.54, 1.807) is 24.3 Å². The molecule has 0 spiro atoms. The molecular weight excluding hydrogens is 377 g/mol. The van der Waals surface area contributed by atoms with Gasteiger partial charge >= 0.3 is 0 Å². The molecule has 0 saturated heterocycles. The summed E-state index contributed by atoms with van der Waals surface area (Å²) in [6.07, 6.45) is 0. The van der Waals surface area contributed by atoms with E-state index in [4.69, 9.17) is 16.3 Å². The zero-order valence-corrected chi connectivity index (χ0v) is 15.3. The summed E-state index contributed by atoms with van der Waals surface area (Å²) in [5, 5.41) is -0.255. The molecule has 3 rings (SSSR count). The quantitative estimate of drug-likeness (QED) is 0.635. The minimum absolute atomic E-state index is 0.121. The standard InChI is InChI=1S/C19H15ClFNO3S/c1-13-4-2-3-5-19(13)25-15-8-6-14(7-9-15)22-26(23,24)16-10-11-18(21)17(20)12-16/h2-12,22H,1H3. The average molecular weight is 392 g/mol. The van der Waals surface area contributed by atoms with Crippen LogP contribution in [0.25, 0.3) is 0 Å². The van der Waals surface area contributed by atoms with Gasteiger partial charge in [-0.25, -0.2) is 12.8 Å². The van der Waals surface area contributed by atoms with Crippen LogP contribution in [0.2, 0.25) is 5.02 Å². The topological polar surface area (TPSA) is 55.4 Å². The number of sulfonamides is 1. The van der Waals surface area contributed by atoms with E-state index in [0.29, 0.717) is 11.4 Å². The molecule has 0 unspecified atom stereocenters. The van der Waals surface area contributed by atoms with Gasteiger partial charge in [0.05, 0.1) is 9.92 Å². The highest BCUT2D eigenvalue weighted by Gasteiger charge is 2.16. The van der Waals surface area contributed by atoms with Crippen molar-refractivity contribution in [1.29, 1.82) is 0 Å². The molecule has 26 heavy (non-hydrogen) atoms. The first-order valence-electron chi connectivity index (χ1n) is 7.66. The third-order valence-corrected chi connectivity index (χ3v) is 5.30. The maximum Gasteiger partial charge on any atom is 0.261 e. The molecule has 7 heteroatoms. The van der Waals surface area contributed by atoms with Crippen molar-refractivity contribution in [2.75, 3.05) is 4.72 Å². The first-order chi connectivity index (χ1) is 12.3. The van der Waals surface area contributed by atoms with E-state index in [0.717, 1.165) is 29.5 Å². The molecule has 0 atom stereocenters. The molecule has 3 aromatic carbocycles. The van der Waals surface area contributed by atoms with Crippen LogP contribution in [0.1, 0.15) is 5.56 Å². The number of nitrogens with one attached hydrogen (secondary N) is 1. The lowest BCUT2D eigenvalue weighted by Gasteiger charge is -2.11. The SMILES string of the molecule is Cc1ccccc1Oc1ccc(NS(=O)(=O)c2ccc(F)c(Cl)c2)cc1. The van der Waals surface area contributed by atoms with Crippen molar-refractivity contribution in [3.8, 4) is 11.5 Å². The Morgan fingerprint density at radius 3 is 2.35 bits per heavy atom. The number of para-hydroxylation sites is 1. The van der Waals surface area contributed by atoms with Crippen molar-refractivity contribution in [1.82, 2.24) is 0 Å². The largest absolute Gasteiger partial charge is 0.457 e. The van der Waals surface area contributed by atoms with E-state index >= 15 is 0 Å². The van der Waals surface area contributed by atoms with Gasteiger partial charge < -0.3 is 4.74 Å². The molecule has 0 saturated carbocycles. The lowest BCUT2D eigenvalue weighted by Crippen LogP contribution is -2.13. The Balaban J connectivity index is 1.76. The van der Waals surface area contributed by atoms with Crippen LogP contribution in [-0.4, -0.2) is 8.42 Å². The second-order valence-corrected chi connectivity index (χ2v) is 7.66. The second kappa shape index (κ2) is 7.35. The summed E-state index contributed by atoms with van der Waals surface area (Å²) in [4.78, 5) is -0.121. The maximum atomic E-state index is 13.2. The van der Waals surface area contributed by atoms with Gasteiger partial charge in [0.15, 0.2) is 0 Å². The van der Waals surface area contributed by atoms with Gasteiger partial charge in [-0.3, -0.25) is 4.72 Å². The summed E-state index contributed by atoms with van der Waals surface area (Å²) in [6.45, 7) is 1.94. The Hall–Kier alpha value is -2.57. The van der Waals surface area contributed by atoms with Crippen LogP contribution in [0.15, 0.2) is 71.6 Å². The van der Waals surface area contributed by atoms with E-state index in [1.165, 1.54) is 0 Å². The van der Waals surface area contributed by atoms with E-state index in [9.17, 15) is 12.8 Å². The summed E-state index contributed by atoms with van der Waals surface area (Å²) >= 11 is 5.65. The molecule has 134 valence electrons. The van der Waals surface area contributed by atoms with Crippen molar-refractivity contribution >= 4 is 27.3 Å². The fraction of sp³-hybridized carbons (Fsp3) is 0.0526. The van der Waals surface area contributed by atoms with Gasteiger partial charge in [-0.2, -0.15) is 0 Å². The first kappa shape index (κ1) is 18.2. The summed E-state index contributed by atoms with van der Waals surface area (Å²) < 4.78 is 46.1. The monoisotopic (exact) mass is 391 g/mol. The number of hydrogen-bond donors (Lipinski definition) is 1. The van der Waals surface area contributed by atoms with Crippen LogP contribution in [0.5, 0.6) is 11.5 Å². The number of ether oxygens (including phenoxy) is 1. The zero-order chi connectivity index (χ0) is 18.7. The van der Waals surface area contributed by atoms with Crippen LogP contribution in [0.4, 0.5) is 10.1 Å². The molecule has 0 aromatic heterocycles. The predicted octanol–water partition coefficient (Wildman–Crippen LogP) is 5.38. The van der Waals surface area contributed by atoms with Crippen molar-refractivity contribution in [3.63, 3.8) is 0 Å². The normalized spacial score (nSPS) is 11.2. The number of anilines is 1.